The number of hydrogen-bond acceptors (Lipinski definition) is 3. The molecule has 0 aliphatic rings. The van der Waals surface area contributed by atoms with Crippen LogP contribution in [0.3, 0.4) is 0 Å². The summed E-state index contributed by atoms with van der Waals surface area (Å²) in [6.45, 7) is 6.09. The molecule has 0 saturated heterocycles. The van der Waals surface area contributed by atoms with Crippen LogP contribution >= 0.6 is 11.8 Å². The summed E-state index contributed by atoms with van der Waals surface area (Å²) in [5.41, 5.74) is 1.37. The van der Waals surface area contributed by atoms with Crippen LogP contribution in [0.2, 0.25) is 0 Å². The van der Waals surface area contributed by atoms with E-state index in [1.54, 1.807) is 18.9 Å². The minimum absolute atomic E-state index is 0.153. The molecule has 1 rings (SSSR count). The Bertz CT molecular complexity index is 387. The summed E-state index contributed by atoms with van der Waals surface area (Å²) in [4.78, 5) is 0.964. The largest absolute Gasteiger partial charge is 0.371 e. The Kier molecular flexibility index (Phi) is 6.97. The van der Waals surface area contributed by atoms with Crippen LogP contribution in [-0.2, 0) is 21.3 Å². The summed E-state index contributed by atoms with van der Waals surface area (Å²) in [6.07, 6.45) is 0.983. The molecule has 4 heteroatoms. The van der Waals surface area contributed by atoms with E-state index >= 15 is 0 Å². The summed E-state index contributed by atoms with van der Waals surface area (Å²) in [5, 5.41) is 0.153. The van der Waals surface area contributed by atoms with Gasteiger partial charge in [-0.3, -0.25) is 4.21 Å². The van der Waals surface area contributed by atoms with Crippen molar-refractivity contribution >= 4 is 22.6 Å². The molecule has 0 aliphatic carbocycles. The Hall–Kier alpha value is -0.320. The molecular weight excluding hydrogens is 264 g/mol. The molecule has 18 heavy (non-hydrogen) atoms. The smallest absolute Gasteiger partial charge is 0.102 e. The monoisotopic (exact) mass is 286 g/mol. The van der Waals surface area contributed by atoms with Gasteiger partial charge >= 0.3 is 0 Å². The van der Waals surface area contributed by atoms with Gasteiger partial charge in [0.2, 0.25) is 0 Å². The van der Waals surface area contributed by atoms with Gasteiger partial charge in [0.25, 0.3) is 0 Å². The second-order valence-electron chi connectivity index (χ2n) is 4.34. The van der Waals surface area contributed by atoms with Crippen LogP contribution in [0.1, 0.15) is 32.8 Å². The van der Waals surface area contributed by atoms with E-state index in [0.29, 0.717) is 0 Å². The maximum atomic E-state index is 12.2. The first-order valence-electron chi connectivity index (χ1n) is 6.23. The summed E-state index contributed by atoms with van der Waals surface area (Å²) in [5.74, 6) is 0.848. The second-order valence-corrected chi connectivity index (χ2v) is 7.46. The predicted molar refractivity (Wildman–Crippen MR) is 80.4 cm³/mol. The van der Waals surface area contributed by atoms with Crippen LogP contribution in [0.5, 0.6) is 0 Å². The summed E-state index contributed by atoms with van der Waals surface area (Å²) in [6, 6.07) is 7.99. The van der Waals surface area contributed by atoms with E-state index in [4.69, 9.17) is 4.74 Å². The van der Waals surface area contributed by atoms with Crippen molar-refractivity contribution in [1.82, 2.24) is 0 Å². The Morgan fingerprint density at radius 1 is 1.33 bits per heavy atom. The number of methoxy groups -OCH3 is 1. The Morgan fingerprint density at radius 2 is 2.00 bits per heavy atom. The highest BCUT2D eigenvalue weighted by atomic mass is 32.2. The highest BCUT2D eigenvalue weighted by molar-refractivity contribution is 7.99. The SMILES string of the molecule is CC[C@@H](OC)SCc1ccccc1S(=O)C(C)C. The van der Waals surface area contributed by atoms with Crippen molar-refractivity contribution in [2.45, 2.75) is 48.5 Å². The van der Waals surface area contributed by atoms with Gasteiger partial charge in [0, 0.05) is 23.0 Å². The van der Waals surface area contributed by atoms with Crippen LogP contribution in [0.15, 0.2) is 29.2 Å². The molecule has 0 aliphatic heterocycles. The number of rotatable bonds is 7. The summed E-state index contributed by atoms with van der Waals surface area (Å²) < 4.78 is 17.6. The molecule has 102 valence electrons. The van der Waals surface area contributed by atoms with Crippen molar-refractivity contribution in [2.75, 3.05) is 7.11 Å². The Labute approximate surface area is 117 Å². The minimum atomic E-state index is -0.919. The van der Waals surface area contributed by atoms with E-state index in [9.17, 15) is 4.21 Å². The van der Waals surface area contributed by atoms with Gasteiger partial charge in [-0.2, -0.15) is 0 Å². The summed E-state index contributed by atoms with van der Waals surface area (Å²) >= 11 is 1.76. The van der Waals surface area contributed by atoms with Crippen LogP contribution < -0.4 is 0 Å². The third-order valence-electron chi connectivity index (χ3n) is 2.64. The zero-order chi connectivity index (χ0) is 13.5. The van der Waals surface area contributed by atoms with E-state index < -0.39 is 10.8 Å². The van der Waals surface area contributed by atoms with Crippen molar-refractivity contribution in [3.8, 4) is 0 Å². The molecule has 0 aromatic heterocycles. The first kappa shape index (κ1) is 15.7. The Morgan fingerprint density at radius 3 is 2.56 bits per heavy atom. The van der Waals surface area contributed by atoms with Crippen LogP contribution in [0.4, 0.5) is 0 Å². The quantitative estimate of drug-likeness (QED) is 0.713. The van der Waals surface area contributed by atoms with Crippen LogP contribution in [-0.4, -0.2) is 22.0 Å². The fourth-order valence-corrected chi connectivity index (χ4v) is 3.81. The van der Waals surface area contributed by atoms with Gasteiger partial charge in [0.15, 0.2) is 0 Å². The van der Waals surface area contributed by atoms with E-state index in [2.05, 4.69) is 13.0 Å². The molecular formula is C14H22O2S2. The lowest BCUT2D eigenvalue weighted by Crippen LogP contribution is -2.09. The highest BCUT2D eigenvalue weighted by Gasteiger charge is 2.14. The normalized spacial score (nSPS) is 14.7. The lowest BCUT2D eigenvalue weighted by atomic mass is 10.2. The molecule has 2 atom stereocenters. The lowest BCUT2D eigenvalue weighted by molar-refractivity contribution is 0.170. The summed E-state index contributed by atoms with van der Waals surface area (Å²) in [7, 11) is 0.816. The average Bonchev–Trinajstić information content (AvgIpc) is 2.39. The van der Waals surface area contributed by atoms with E-state index in [1.165, 1.54) is 0 Å². The minimum Gasteiger partial charge on any atom is -0.371 e. The van der Waals surface area contributed by atoms with Gasteiger partial charge in [0.05, 0.1) is 10.8 Å². The van der Waals surface area contributed by atoms with Gasteiger partial charge in [0.1, 0.15) is 5.44 Å². The van der Waals surface area contributed by atoms with Crippen molar-refractivity contribution in [3.05, 3.63) is 29.8 Å². The van der Waals surface area contributed by atoms with Crippen LogP contribution in [0.25, 0.3) is 0 Å². The third-order valence-corrected chi connectivity index (χ3v) is 5.70. The zero-order valence-electron chi connectivity index (χ0n) is 11.5. The van der Waals surface area contributed by atoms with E-state index in [-0.39, 0.29) is 10.7 Å². The van der Waals surface area contributed by atoms with Gasteiger partial charge < -0.3 is 4.74 Å². The number of ether oxygens (including phenoxy) is 1. The molecule has 0 saturated carbocycles. The first-order chi connectivity index (χ1) is 8.60. The third kappa shape index (κ3) is 4.41. The average molecular weight is 286 g/mol. The molecule has 0 radical (unpaired) electrons. The molecule has 1 aromatic rings. The van der Waals surface area contributed by atoms with Crippen molar-refractivity contribution < 1.29 is 8.95 Å². The van der Waals surface area contributed by atoms with E-state index in [0.717, 1.165) is 22.6 Å². The van der Waals surface area contributed by atoms with E-state index in [1.807, 2.05) is 32.0 Å². The molecule has 1 unspecified atom stereocenters. The predicted octanol–water partition coefficient (Wildman–Crippen LogP) is 3.82. The second kappa shape index (κ2) is 7.97. The zero-order valence-corrected chi connectivity index (χ0v) is 13.1. The molecule has 0 fully saturated rings. The van der Waals surface area contributed by atoms with Gasteiger partial charge in [-0.15, -0.1) is 11.8 Å². The van der Waals surface area contributed by atoms with Crippen molar-refractivity contribution in [2.24, 2.45) is 0 Å². The fraction of sp³-hybridized carbons (Fsp3) is 0.571. The maximum absolute atomic E-state index is 12.2. The van der Waals surface area contributed by atoms with Crippen molar-refractivity contribution in [3.63, 3.8) is 0 Å². The number of thioether (sulfide) groups is 1. The maximum Gasteiger partial charge on any atom is 0.102 e. The number of benzene rings is 1. The molecule has 1 aromatic carbocycles. The molecule has 0 heterocycles. The van der Waals surface area contributed by atoms with Gasteiger partial charge in [-0.25, -0.2) is 0 Å². The first-order valence-corrected chi connectivity index (χ1v) is 8.49. The van der Waals surface area contributed by atoms with Gasteiger partial charge in [-0.1, -0.05) is 39.0 Å². The molecule has 0 spiro atoms. The molecule has 0 N–H and O–H groups in total. The Balaban J connectivity index is 2.79. The molecule has 2 nitrogen and oxygen atoms in total. The van der Waals surface area contributed by atoms with Crippen LogP contribution in [0, 0.1) is 0 Å². The van der Waals surface area contributed by atoms with Gasteiger partial charge in [-0.05, 0) is 18.1 Å². The standard InChI is InChI=1S/C14H22O2S2/c1-5-14(16-4)17-10-12-8-6-7-9-13(12)18(15)11(2)3/h6-9,11,14H,5,10H2,1-4H3/t14-,18?/m0/s1. The fourth-order valence-electron chi connectivity index (χ4n) is 1.61. The molecule has 0 amide bonds. The molecule has 0 bridgehead atoms. The highest BCUT2D eigenvalue weighted by Crippen LogP contribution is 2.25. The lowest BCUT2D eigenvalue weighted by Gasteiger charge is -2.15. The van der Waals surface area contributed by atoms with Crippen molar-refractivity contribution in [1.29, 1.82) is 0 Å². The topological polar surface area (TPSA) is 26.3 Å². The number of hydrogen-bond donors (Lipinski definition) is 0.